The smallest absolute Gasteiger partial charge is 0.229 e. The molecule has 0 radical (unpaired) electrons. The van der Waals surface area contributed by atoms with Crippen molar-refractivity contribution in [3.8, 4) is 11.5 Å². The maximum Gasteiger partial charge on any atom is 0.229 e. The number of rotatable bonds is 5. The fourth-order valence-corrected chi connectivity index (χ4v) is 3.44. The van der Waals surface area contributed by atoms with Crippen molar-refractivity contribution in [3.63, 3.8) is 0 Å². The lowest BCUT2D eigenvalue weighted by Crippen LogP contribution is -2.11. The van der Waals surface area contributed by atoms with Crippen LogP contribution in [0, 0.1) is 0 Å². The Morgan fingerprint density at radius 1 is 1.29 bits per heavy atom. The molecule has 1 atom stereocenters. The minimum absolute atomic E-state index is 0.0316. The highest BCUT2D eigenvalue weighted by atomic mass is 32.2. The number of hydrogen-bond donors (Lipinski definition) is 2. The number of hydrogen-bond acceptors (Lipinski definition) is 5. The summed E-state index contributed by atoms with van der Waals surface area (Å²) in [5.41, 5.74) is 2.38. The van der Waals surface area contributed by atoms with Gasteiger partial charge in [-0.25, -0.2) is 8.42 Å². The van der Waals surface area contributed by atoms with Gasteiger partial charge in [0.1, 0.15) is 5.75 Å². The molecule has 0 amide bonds. The van der Waals surface area contributed by atoms with Crippen molar-refractivity contribution in [2.75, 3.05) is 11.0 Å². The number of anilines is 1. The Balaban J connectivity index is 2.03. The number of oxime groups is 1. The molecule has 126 valence electrons. The Morgan fingerprint density at radius 3 is 2.71 bits per heavy atom. The standard InChI is InChI=1S/C17H18N2O4S/c1-24(21,22)19-16-10-15-12(7-8-13(15)11-18-20)9-17(16)23-14-5-3-2-4-6-14/h2-6,9-11,13,19-20H,7-8H2,1H3/b18-11-. The van der Waals surface area contributed by atoms with E-state index in [0.717, 1.165) is 30.2 Å². The first-order valence-corrected chi connectivity index (χ1v) is 9.40. The van der Waals surface area contributed by atoms with Crippen molar-refractivity contribution in [2.45, 2.75) is 18.8 Å². The van der Waals surface area contributed by atoms with E-state index in [1.807, 2.05) is 24.3 Å². The van der Waals surface area contributed by atoms with Crippen LogP contribution >= 0.6 is 0 Å². The van der Waals surface area contributed by atoms with Gasteiger partial charge in [0.25, 0.3) is 0 Å². The minimum atomic E-state index is -3.45. The fraction of sp³-hybridized carbons (Fsp3) is 0.235. The SMILES string of the molecule is CS(=O)(=O)Nc1cc2c(cc1Oc1ccccc1)CCC2/C=N\O. The predicted molar refractivity (Wildman–Crippen MR) is 92.8 cm³/mol. The molecule has 7 heteroatoms. The van der Waals surface area contributed by atoms with Crippen LogP contribution in [0.15, 0.2) is 47.6 Å². The van der Waals surface area contributed by atoms with Crippen LogP contribution in [-0.2, 0) is 16.4 Å². The highest BCUT2D eigenvalue weighted by Gasteiger charge is 2.24. The van der Waals surface area contributed by atoms with Gasteiger partial charge in [0, 0.05) is 5.92 Å². The third-order valence-electron chi connectivity index (χ3n) is 3.88. The summed E-state index contributed by atoms with van der Waals surface area (Å²) >= 11 is 0. The topological polar surface area (TPSA) is 88.0 Å². The second-order valence-electron chi connectivity index (χ2n) is 5.75. The zero-order chi connectivity index (χ0) is 17.2. The number of benzene rings is 2. The average Bonchev–Trinajstić information content (AvgIpc) is 2.90. The van der Waals surface area contributed by atoms with E-state index in [4.69, 9.17) is 9.94 Å². The first kappa shape index (κ1) is 16.3. The quantitative estimate of drug-likeness (QED) is 0.494. The maximum atomic E-state index is 11.7. The Kier molecular flexibility index (Phi) is 4.44. The molecule has 0 aromatic heterocycles. The summed E-state index contributed by atoms with van der Waals surface area (Å²) in [5.74, 6) is 1.04. The minimum Gasteiger partial charge on any atom is -0.455 e. The summed E-state index contributed by atoms with van der Waals surface area (Å²) in [6.07, 6.45) is 4.19. The first-order valence-electron chi connectivity index (χ1n) is 7.51. The van der Waals surface area contributed by atoms with Crippen LogP contribution in [0.1, 0.15) is 23.5 Å². The van der Waals surface area contributed by atoms with Crippen molar-refractivity contribution in [1.82, 2.24) is 0 Å². The molecular weight excluding hydrogens is 328 g/mol. The van der Waals surface area contributed by atoms with E-state index in [2.05, 4.69) is 9.88 Å². The molecule has 1 unspecified atom stereocenters. The van der Waals surface area contributed by atoms with E-state index in [9.17, 15) is 8.42 Å². The van der Waals surface area contributed by atoms with Gasteiger partial charge < -0.3 is 9.94 Å². The molecule has 0 saturated heterocycles. The van der Waals surface area contributed by atoms with Crippen molar-refractivity contribution in [1.29, 1.82) is 0 Å². The van der Waals surface area contributed by atoms with Gasteiger partial charge in [0.15, 0.2) is 5.75 Å². The molecule has 0 aliphatic heterocycles. The number of sulfonamides is 1. The Bertz CT molecular complexity index is 864. The van der Waals surface area contributed by atoms with Crippen LogP contribution in [0.2, 0.25) is 0 Å². The second-order valence-corrected chi connectivity index (χ2v) is 7.49. The number of ether oxygens (including phenoxy) is 1. The van der Waals surface area contributed by atoms with E-state index in [1.165, 1.54) is 6.21 Å². The molecule has 2 aromatic carbocycles. The molecule has 6 nitrogen and oxygen atoms in total. The van der Waals surface area contributed by atoms with Gasteiger partial charge in [-0.05, 0) is 48.2 Å². The molecule has 0 heterocycles. The van der Waals surface area contributed by atoms with Crippen LogP contribution in [-0.4, -0.2) is 26.1 Å². The normalized spacial score (nSPS) is 17.0. The van der Waals surface area contributed by atoms with E-state index < -0.39 is 10.0 Å². The Labute approximate surface area is 140 Å². The van der Waals surface area contributed by atoms with Gasteiger partial charge in [-0.3, -0.25) is 4.72 Å². The number of nitrogens with zero attached hydrogens (tertiary/aromatic N) is 1. The van der Waals surface area contributed by atoms with Gasteiger partial charge >= 0.3 is 0 Å². The monoisotopic (exact) mass is 346 g/mol. The van der Waals surface area contributed by atoms with E-state index in [-0.39, 0.29) is 5.92 Å². The van der Waals surface area contributed by atoms with Crippen molar-refractivity contribution >= 4 is 21.9 Å². The lowest BCUT2D eigenvalue weighted by atomic mass is 10.0. The van der Waals surface area contributed by atoms with Crippen LogP contribution in [0.3, 0.4) is 0 Å². The second kappa shape index (κ2) is 6.52. The molecule has 1 aliphatic rings. The summed E-state index contributed by atoms with van der Waals surface area (Å²) in [5, 5.41) is 11.9. The van der Waals surface area contributed by atoms with Gasteiger partial charge in [-0.2, -0.15) is 0 Å². The van der Waals surface area contributed by atoms with Gasteiger partial charge in [0.05, 0.1) is 18.2 Å². The maximum absolute atomic E-state index is 11.7. The fourth-order valence-electron chi connectivity index (χ4n) is 2.88. The summed E-state index contributed by atoms with van der Waals surface area (Å²) in [6.45, 7) is 0. The summed E-state index contributed by atoms with van der Waals surface area (Å²) in [4.78, 5) is 0. The molecule has 2 N–H and O–H groups in total. The summed E-state index contributed by atoms with van der Waals surface area (Å²) in [7, 11) is -3.45. The molecule has 24 heavy (non-hydrogen) atoms. The van der Waals surface area contributed by atoms with Crippen molar-refractivity contribution in [3.05, 3.63) is 53.6 Å². The summed E-state index contributed by atoms with van der Waals surface area (Å²) in [6, 6.07) is 12.8. The molecule has 0 saturated carbocycles. The molecule has 1 aliphatic carbocycles. The zero-order valence-corrected chi connectivity index (χ0v) is 14.0. The Morgan fingerprint density at radius 2 is 2.04 bits per heavy atom. The van der Waals surface area contributed by atoms with Crippen LogP contribution in [0.25, 0.3) is 0 Å². The molecule has 0 fully saturated rings. The third kappa shape index (κ3) is 3.68. The molecule has 3 rings (SSSR count). The van der Waals surface area contributed by atoms with E-state index >= 15 is 0 Å². The zero-order valence-electron chi connectivity index (χ0n) is 13.1. The molecule has 0 spiro atoms. The lowest BCUT2D eigenvalue weighted by Gasteiger charge is -2.15. The average molecular weight is 346 g/mol. The highest BCUT2D eigenvalue weighted by Crippen LogP contribution is 2.40. The summed E-state index contributed by atoms with van der Waals surface area (Å²) < 4.78 is 31.7. The largest absolute Gasteiger partial charge is 0.455 e. The number of nitrogens with one attached hydrogen (secondary N) is 1. The number of aryl methyl sites for hydroxylation is 1. The lowest BCUT2D eigenvalue weighted by molar-refractivity contribution is 0.319. The first-order chi connectivity index (χ1) is 11.5. The number of para-hydroxylation sites is 1. The van der Waals surface area contributed by atoms with Gasteiger partial charge in [0.2, 0.25) is 10.0 Å². The van der Waals surface area contributed by atoms with E-state index in [1.54, 1.807) is 18.2 Å². The van der Waals surface area contributed by atoms with Gasteiger partial charge in [-0.15, -0.1) is 5.16 Å². The number of fused-ring (bicyclic) bond motifs is 1. The van der Waals surface area contributed by atoms with Crippen LogP contribution in [0.4, 0.5) is 5.69 Å². The highest BCUT2D eigenvalue weighted by molar-refractivity contribution is 7.92. The molecular formula is C17H18N2O4S. The van der Waals surface area contributed by atoms with E-state index in [0.29, 0.717) is 17.2 Å². The predicted octanol–water partition coefficient (Wildman–Crippen LogP) is 3.34. The molecule has 0 bridgehead atoms. The Hall–Kier alpha value is -2.54. The van der Waals surface area contributed by atoms with Crippen molar-refractivity contribution in [2.24, 2.45) is 5.16 Å². The molecule has 2 aromatic rings. The van der Waals surface area contributed by atoms with Crippen molar-refractivity contribution < 1.29 is 18.4 Å². The van der Waals surface area contributed by atoms with Crippen LogP contribution in [0.5, 0.6) is 11.5 Å². The van der Waals surface area contributed by atoms with Gasteiger partial charge in [-0.1, -0.05) is 18.2 Å². The van der Waals surface area contributed by atoms with Crippen LogP contribution < -0.4 is 9.46 Å². The third-order valence-corrected chi connectivity index (χ3v) is 4.47.